The van der Waals surface area contributed by atoms with E-state index in [0.717, 1.165) is 47.5 Å². The topological polar surface area (TPSA) is 43.8 Å². The van der Waals surface area contributed by atoms with Crippen LogP contribution >= 0.6 is 11.6 Å². The number of nitrogens with zero attached hydrogens (tertiary/aromatic N) is 2. The Morgan fingerprint density at radius 3 is 2.65 bits per heavy atom. The van der Waals surface area contributed by atoms with Crippen LogP contribution in [0.25, 0.3) is 0 Å². The summed E-state index contributed by atoms with van der Waals surface area (Å²) in [6.07, 6.45) is 5.49. The molecule has 0 saturated heterocycles. The van der Waals surface area contributed by atoms with Crippen molar-refractivity contribution in [2.75, 3.05) is 0 Å². The van der Waals surface area contributed by atoms with Crippen LogP contribution in [0, 0.1) is 17.8 Å². The maximum Gasteiger partial charge on any atom is 0.0849 e. The molecule has 20 heavy (non-hydrogen) atoms. The third kappa shape index (κ3) is 3.20. The van der Waals surface area contributed by atoms with Crippen molar-refractivity contribution in [1.29, 1.82) is 0 Å². The van der Waals surface area contributed by atoms with Gasteiger partial charge in [-0.1, -0.05) is 32.4 Å². The van der Waals surface area contributed by atoms with Crippen LogP contribution in [0.3, 0.4) is 0 Å². The van der Waals surface area contributed by atoms with Gasteiger partial charge in [-0.05, 0) is 49.9 Å². The minimum atomic E-state index is 0.307. The number of aromatic nitrogens is 2. The van der Waals surface area contributed by atoms with Crippen molar-refractivity contribution in [3.63, 3.8) is 0 Å². The maximum atomic E-state index is 6.47. The number of nitrogens with two attached hydrogens (primary N) is 1. The lowest BCUT2D eigenvalue weighted by Gasteiger charge is -2.36. The summed E-state index contributed by atoms with van der Waals surface area (Å²) in [4.78, 5) is 0. The molecule has 1 heterocycles. The average Bonchev–Trinajstić information content (AvgIpc) is 2.68. The smallest absolute Gasteiger partial charge is 0.0849 e. The van der Waals surface area contributed by atoms with Crippen molar-refractivity contribution in [3.05, 3.63) is 16.4 Å². The summed E-state index contributed by atoms with van der Waals surface area (Å²) >= 11 is 6.47. The van der Waals surface area contributed by atoms with E-state index in [2.05, 4.69) is 25.9 Å². The zero-order valence-electron chi connectivity index (χ0n) is 13.2. The molecular formula is C16H28ClN3. The molecule has 1 fully saturated rings. The van der Waals surface area contributed by atoms with E-state index in [9.17, 15) is 0 Å². The molecular weight excluding hydrogens is 270 g/mol. The van der Waals surface area contributed by atoms with Crippen molar-refractivity contribution >= 4 is 11.6 Å². The van der Waals surface area contributed by atoms with Gasteiger partial charge in [-0.15, -0.1) is 0 Å². The van der Waals surface area contributed by atoms with Crippen LogP contribution in [0.5, 0.6) is 0 Å². The summed E-state index contributed by atoms with van der Waals surface area (Å²) in [6.45, 7) is 6.74. The first kappa shape index (κ1) is 15.8. The molecule has 1 saturated carbocycles. The number of rotatable bonds is 4. The highest BCUT2D eigenvalue weighted by atomic mass is 35.5. The Kier molecular flexibility index (Phi) is 5.14. The summed E-state index contributed by atoms with van der Waals surface area (Å²) in [7, 11) is 1.99. The fraction of sp³-hybridized carbons (Fsp3) is 0.812. The number of hydrogen-bond acceptors (Lipinski definition) is 2. The van der Waals surface area contributed by atoms with Crippen LogP contribution in [-0.4, -0.2) is 15.8 Å². The van der Waals surface area contributed by atoms with Crippen LogP contribution in [0.1, 0.15) is 51.4 Å². The molecule has 114 valence electrons. The van der Waals surface area contributed by atoms with Gasteiger partial charge in [0.15, 0.2) is 0 Å². The van der Waals surface area contributed by atoms with Gasteiger partial charge in [0.1, 0.15) is 0 Å². The molecule has 3 atom stereocenters. The monoisotopic (exact) mass is 297 g/mol. The maximum absolute atomic E-state index is 6.47. The molecule has 2 rings (SSSR count). The SMILES string of the molecule is CCc1nn(C)c(CC2CC(C(C)C)CCC2N)c1Cl. The normalized spacial score (nSPS) is 27.2. The standard InChI is InChI=1S/C16H28ClN3/c1-5-14-16(17)15(20(4)19-14)9-12-8-11(10(2)3)6-7-13(12)18/h10-13H,5-9,18H2,1-4H3. The summed E-state index contributed by atoms with van der Waals surface area (Å²) in [5.41, 5.74) is 8.52. The summed E-state index contributed by atoms with van der Waals surface area (Å²) in [5, 5.41) is 5.37. The van der Waals surface area contributed by atoms with Crippen LogP contribution < -0.4 is 5.73 Å². The average molecular weight is 298 g/mol. The van der Waals surface area contributed by atoms with Crippen molar-refractivity contribution in [3.8, 4) is 0 Å². The van der Waals surface area contributed by atoms with Gasteiger partial charge < -0.3 is 5.73 Å². The first-order valence-electron chi connectivity index (χ1n) is 7.89. The first-order valence-corrected chi connectivity index (χ1v) is 8.27. The van der Waals surface area contributed by atoms with E-state index < -0.39 is 0 Å². The Hall–Kier alpha value is -0.540. The van der Waals surface area contributed by atoms with Crippen LogP contribution in [-0.2, 0) is 19.9 Å². The van der Waals surface area contributed by atoms with E-state index in [-0.39, 0.29) is 0 Å². The van der Waals surface area contributed by atoms with E-state index in [1.54, 1.807) is 0 Å². The van der Waals surface area contributed by atoms with Gasteiger partial charge >= 0.3 is 0 Å². The third-order valence-corrected chi connectivity index (χ3v) is 5.42. The predicted octanol–water partition coefficient (Wildman–Crippen LogP) is 3.58. The highest BCUT2D eigenvalue weighted by molar-refractivity contribution is 6.31. The first-order chi connectivity index (χ1) is 9.43. The van der Waals surface area contributed by atoms with E-state index >= 15 is 0 Å². The lowest BCUT2D eigenvalue weighted by atomic mass is 9.72. The molecule has 0 aliphatic heterocycles. The van der Waals surface area contributed by atoms with Gasteiger partial charge in [0.25, 0.3) is 0 Å². The van der Waals surface area contributed by atoms with E-state index in [1.807, 2.05) is 11.7 Å². The van der Waals surface area contributed by atoms with E-state index in [1.165, 1.54) is 12.8 Å². The molecule has 3 unspecified atom stereocenters. The van der Waals surface area contributed by atoms with E-state index in [0.29, 0.717) is 12.0 Å². The van der Waals surface area contributed by atoms with Gasteiger partial charge in [-0.25, -0.2) is 0 Å². The fourth-order valence-corrected chi connectivity index (χ4v) is 3.82. The Morgan fingerprint density at radius 2 is 2.10 bits per heavy atom. The highest BCUT2D eigenvalue weighted by Crippen LogP contribution is 2.36. The van der Waals surface area contributed by atoms with E-state index in [4.69, 9.17) is 17.3 Å². The van der Waals surface area contributed by atoms with Crippen molar-refractivity contribution in [2.24, 2.45) is 30.5 Å². The molecule has 1 aliphatic rings. The highest BCUT2D eigenvalue weighted by Gasteiger charge is 2.31. The predicted molar refractivity (Wildman–Crippen MR) is 84.9 cm³/mol. The molecule has 3 nitrogen and oxygen atoms in total. The van der Waals surface area contributed by atoms with Crippen molar-refractivity contribution in [2.45, 2.75) is 58.9 Å². The number of hydrogen-bond donors (Lipinski definition) is 1. The van der Waals surface area contributed by atoms with Crippen molar-refractivity contribution in [1.82, 2.24) is 9.78 Å². The second-order valence-corrected chi connectivity index (χ2v) is 7.01. The Morgan fingerprint density at radius 1 is 1.40 bits per heavy atom. The minimum Gasteiger partial charge on any atom is -0.327 e. The van der Waals surface area contributed by atoms with Gasteiger partial charge in [-0.2, -0.15) is 5.10 Å². The third-order valence-electron chi connectivity index (χ3n) is 4.98. The van der Waals surface area contributed by atoms with Gasteiger partial charge in [0, 0.05) is 13.1 Å². The minimum absolute atomic E-state index is 0.307. The van der Waals surface area contributed by atoms with Crippen molar-refractivity contribution < 1.29 is 0 Å². The fourth-order valence-electron chi connectivity index (χ4n) is 3.45. The van der Waals surface area contributed by atoms with Gasteiger partial charge in [0.2, 0.25) is 0 Å². The molecule has 1 aromatic heterocycles. The quantitative estimate of drug-likeness (QED) is 0.923. The lowest BCUT2D eigenvalue weighted by molar-refractivity contribution is 0.188. The molecule has 1 aliphatic carbocycles. The second-order valence-electron chi connectivity index (χ2n) is 6.63. The molecule has 0 spiro atoms. The van der Waals surface area contributed by atoms with Crippen LogP contribution in [0.2, 0.25) is 5.02 Å². The molecule has 0 amide bonds. The Labute approximate surface area is 127 Å². The van der Waals surface area contributed by atoms with Crippen LogP contribution in [0.4, 0.5) is 0 Å². The van der Waals surface area contributed by atoms with Crippen LogP contribution in [0.15, 0.2) is 0 Å². The molecule has 0 bridgehead atoms. The zero-order valence-corrected chi connectivity index (χ0v) is 14.0. The summed E-state index contributed by atoms with van der Waals surface area (Å²) < 4.78 is 1.95. The molecule has 0 aromatic carbocycles. The summed E-state index contributed by atoms with van der Waals surface area (Å²) in [5.74, 6) is 2.09. The largest absolute Gasteiger partial charge is 0.327 e. The lowest BCUT2D eigenvalue weighted by Crippen LogP contribution is -2.38. The number of aryl methyl sites for hydroxylation is 2. The number of halogens is 1. The summed E-state index contributed by atoms with van der Waals surface area (Å²) in [6, 6.07) is 0.307. The molecule has 1 aromatic rings. The Bertz CT molecular complexity index is 453. The molecule has 4 heteroatoms. The Balaban J connectivity index is 2.13. The van der Waals surface area contributed by atoms with Gasteiger partial charge in [-0.3, -0.25) is 4.68 Å². The molecule has 2 N–H and O–H groups in total. The second kappa shape index (κ2) is 6.48. The molecule has 0 radical (unpaired) electrons. The van der Waals surface area contributed by atoms with Gasteiger partial charge in [0.05, 0.1) is 16.4 Å². The zero-order chi connectivity index (χ0) is 14.9.